The molecule has 0 aromatic heterocycles. The van der Waals surface area contributed by atoms with E-state index in [0.29, 0.717) is 26.2 Å². The second kappa shape index (κ2) is 5.28. The van der Waals surface area contributed by atoms with Crippen LogP contribution in [0.2, 0.25) is 15.1 Å². The van der Waals surface area contributed by atoms with E-state index in [1.807, 2.05) is 12.1 Å². The average molecular weight is 288 g/mol. The lowest BCUT2D eigenvalue weighted by Gasteiger charge is -2.13. The van der Waals surface area contributed by atoms with Crippen LogP contribution in [0, 0.1) is 0 Å². The maximum Gasteiger partial charge on any atom is 0.106 e. The van der Waals surface area contributed by atoms with Gasteiger partial charge in [0.15, 0.2) is 0 Å². The van der Waals surface area contributed by atoms with Crippen molar-refractivity contribution in [3.05, 3.63) is 68.7 Å². The third-order valence-electron chi connectivity index (χ3n) is 2.40. The van der Waals surface area contributed by atoms with Crippen molar-refractivity contribution in [2.75, 3.05) is 0 Å². The molecule has 0 radical (unpaired) electrons. The number of hydrogen-bond donors (Lipinski definition) is 1. The summed E-state index contributed by atoms with van der Waals surface area (Å²) < 4.78 is 0. The second-order valence-electron chi connectivity index (χ2n) is 3.63. The number of benzene rings is 2. The minimum atomic E-state index is -0.833. The Morgan fingerprint density at radius 3 is 2.06 bits per heavy atom. The normalized spacial score (nSPS) is 12.5. The number of halogens is 3. The van der Waals surface area contributed by atoms with Gasteiger partial charge >= 0.3 is 0 Å². The Labute approximate surface area is 115 Å². The molecule has 0 saturated heterocycles. The predicted molar refractivity (Wildman–Crippen MR) is 72.0 cm³/mol. The third kappa shape index (κ3) is 2.93. The second-order valence-corrected chi connectivity index (χ2v) is 4.91. The van der Waals surface area contributed by atoms with Gasteiger partial charge < -0.3 is 5.11 Å². The molecule has 4 heteroatoms. The highest BCUT2D eigenvalue weighted by atomic mass is 35.5. The first-order valence-electron chi connectivity index (χ1n) is 4.96. The van der Waals surface area contributed by atoms with E-state index in [2.05, 4.69) is 0 Å². The van der Waals surface area contributed by atoms with Crippen LogP contribution in [0.25, 0.3) is 0 Å². The summed E-state index contributed by atoms with van der Waals surface area (Å²) in [7, 11) is 0. The van der Waals surface area contributed by atoms with Crippen molar-refractivity contribution >= 4 is 34.8 Å². The Kier molecular flexibility index (Phi) is 3.95. The van der Waals surface area contributed by atoms with Gasteiger partial charge in [0, 0.05) is 20.6 Å². The molecular formula is C13H9Cl3O. The highest BCUT2D eigenvalue weighted by Gasteiger charge is 2.14. The topological polar surface area (TPSA) is 20.2 Å². The van der Waals surface area contributed by atoms with Gasteiger partial charge in [0.1, 0.15) is 6.10 Å². The lowest BCUT2D eigenvalue weighted by atomic mass is 10.0. The Morgan fingerprint density at radius 1 is 0.882 bits per heavy atom. The molecule has 17 heavy (non-hydrogen) atoms. The molecule has 2 aromatic rings. The van der Waals surface area contributed by atoms with Crippen molar-refractivity contribution in [2.45, 2.75) is 6.10 Å². The lowest BCUT2D eigenvalue weighted by Crippen LogP contribution is -2.00. The molecule has 0 amide bonds. The van der Waals surface area contributed by atoms with Gasteiger partial charge in [-0.05, 0) is 29.8 Å². The van der Waals surface area contributed by atoms with Crippen LogP contribution in [-0.2, 0) is 0 Å². The highest BCUT2D eigenvalue weighted by molar-refractivity contribution is 6.34. The number of rotatable bonds is 2. The molecular weight excluding hydrogens is 279 g/mol. The fourth-order valence-electron chi connectivity index (χ4n) is 1.61. The Hall–Kier alpha value is -0.730. The summed E-state index contributed by atoms with van der Waals surface area (Å²) in [6.07, 6.45) is -0.833. The van der Waals surface area contributed by atoms with E-state index in [1.54, 1.807) is 30.3 Å². The van der Waals surface area contributed by atoms with Gasteiger partial charge in [0.05, 0.1) is 0 Å². The lowest BCUT2D eigenvalue weighted by molar-refractivity contribution is 0.220. The summed E-state index contributed by atoms with van der Waals surface area (Å²) in [6, 6.07) is 12.1. The van der Waals surface area contributed by atoms with E-state index in [1.165, 1.54) is 0 Å². The van der Waals surface area contributed by atoms with Crippen LogP contribution in [0.5, 0.6) is 0 Å². The fraction of sp³-hybridized carbons (Fsp3) is 0.0769. The van der Waals surface area contributed by atoms with Gasteiger partial charge in [0.25, 0.3) is 0 Å². The van der Waals surface area contributed by atoms with E-state index in [0.717, 1.165) is 0 Å². The van der Waals surface area contributed by atoms with Crippen LogP contribution >= 0.6 is 34.8 Å². The molecule has 1 atom stereocenters. The molecule has 1 nitrogen and oxygen atoms in total. The minimum absolute atomic E-state index is 0.485. The maximum atomic E-state index is 10.2. The van der Waals surface area contributed by atoms with Crippen molar-refractivity contribution in [1.82, 2.24) is 0 Å². The average Bonchev–Trinajstić information content (AvgIpc) is 2.27. The summed E-state index contributed by atoms with van der Waals surface area (Å²) in [5.74, 6) is 0. The van der Waals surface area contributed by atoms with Crippen molar-refractivity contribution < 1.29 is 5.11 Å². The predicted octanol–water partition coefficient (Wildman–Crippen LogP) is 4.73. The van der Waals surface area contributed by atoms with E-state index >= 15 is 0 Å². The first-order chi connectivity index (χ1) is 8.08. The number of aliphatic hydroxyl groups excluding tert-OH is 1. The molecule has 0 aliphatic carbocycles. The first kappa shape index (κ1) is 12.7. The molecule has 0 aliphatic rings. The molecule has 0 spiro atoms. The number of aliphatic hydroxyl groups is 1. The number of hydrogen-bond acceptors (Lipinski definition) is 1. The molecule has 0 aliphatic heterocycles. The van der Waals surface area contributed by atoms with Gasteiger partial charge in [-0.3, -0.25) is 0 Å². The zero-order valence-corrected chi connectivity index (χ0v) is 11.0. The monoisotopic (exact) mass is 286 g/mol. The zero-order valence-electron chi connectivity index (χ0n) is 8.70. The molecule has 0 saturated carbocycles. The molecule has 2 rings (SSSR count). The van der Waals surface area contributed by atoms with Crippen molar-refractivity contribution in [3.63, 3.8) is 0 Å². The van der Waals surface area contributed by atoms with E-state index in [4.69, 9.17) is 34.8 Å². The Balaban J connectivity index is 2.43. The summed E-state index contributed by atoms with van der Waals surface area (Å²) >= 11 is 17.8. The minimum Gasteiger partial charge on any atom is -0.384 e. The van der Waals surface area contributed by atoms with E-state index in [-0.39, 0.29) is 0 Å². The molecule has 1 unspecified atom stereocenters. The van der Waals surface area contributed by atoms with Crippen LogP contribution in [0.1, 0.15) is 17.2 Å². The Bertz CT molecular complexity index is 520. The van der Waals surface area contributed by atoms with Gasteiger partial charge in [-0.25, -0.2) is 0 Å². The van der Waals surface area contributed by atoms with Crippen LogP contribution in [0.3, 0.4) is 0 Å². The van der Waals surface area contributed by atoms with Crippen molar-refractivity contribution in [1.29, 1.82) is 0 Å². The van der Waals surface area contributed by atoms with Crippen LogP contribution in [0.4, 0.5) is 0 Å². The molecule has 0 fully saturated rings. The van der Waals surface area contributed by atoms with Crippen molar-refractivity contribution in [2.24, 2.45) is 0 Å². The summed E-state index contributed by atoms with van der Waals surface area (Å²) in [5, 5.41) is 11.7. The SMILES string of the molecule is OC(c1cc(Cl)cc(Cl)c1)c1ccccc1Cl. The fourth-order valence-corrected chi connectivity index (χ4v) is 2.39. The Morgan fingerprint density at radius 2 is 1.47 bits per heavy atom. The highest BCUT2D eigenvalue weighted by Crippen LogP contribution is 2.31. The maximum absolute atomic E-state index is 10.2. The van der Waals surface area contributed by atoms with E-state index in [9.17, 15) is 5.11 Å². The summed E-state index contributed by atoms with van der Waals surface area (Å²) in [6.45, 7) is 0. The quantitative estimate of drug-likeness (QED) is 0.846. The van der Waals surface area contributed by atoms with Gasteiger partial charge in [-0.2, -0.15) is 0 Å². The molecule has 2 aromatic carbocycles. The van der Waals surface area contributed by atoms with Gasteiger partial charge in [-0.15, -0.1) is 0 Å². The molecule has 0 bridgehead atoms. The largest absolute Gasteiger partial charge is 0.384 e. The first-order valence-corrected chi connectivity index (χ1v) is 6.10. The van der Waals surface area contributed by atoms with Gasteiger partial charge in [0.2, 0.25) is 0 Å². The van der Waals surface area contributed by atoms with Crippen molar-refractivity contribution in [3.8, 4) is 0 Å². The van der Waals surface area contributed by atoms with Crippen LogP contribution in [0.15, 0.2) is 42.5 Å². The van der Waals surface area contributed by atoms with Crippen LogP contribution < -0.4 is 0 Å². The smallest absolute Gasteiger partial charge is 0.106 e. The summed E-state index contributed by atoms with van der Waals surface area (Å²) in [5.41, 5.74) is 1.25. The molecule has 0 heterocycles. The molecule has 1 N–H and O–H groups in total. The van der Waals surface area contributed by atoms with Crippen LogP contribution in [-0.4, -0.2) is 5.11 Å². The van der Waals surface area contributed by atoms with Gasteiger partial charge in [-0.1, -0.05) is 53.0 Å². The third-order valence-corrected chi connectivity index (χ3v) is 3.18. The summed E-state index contributed by atoms with van der Waals surface area (Å²) in [4.78, 5) is 0. The standard InChI is InChI=1S/C13H9Cl3O/c14-9-5-8(6-10(15)7-9)13(17)11-3-1-2-4-12(11)16/h1-7,13,17H. The molecule has 88 valence electrons. The zero-order chi connectivity index (χ0) is 12.4. The van der Waals surface area contributed by atoms with E-state index < -0.39 is 6.10 Å².